The van der Waals surface area contributed by atoms with Crippen LogP contribution in [0.4, 0.5) is 0 Å². The highest BCUT2D eigenvalue weighted by Gasteiger charge is 2.01. The van der Waals surface area contributed by atoms with Crippen molar-refractivity contribution in [2.45, 2.75) is 17.7 Å². The van der Waals surface area contributed by atoms with E-state index < -0.39 is 0 Å². The minimum Gasteiger partial charge on any atom is -0.356 e. The molecule has 88 valence electrons. The molecular formula is C12H18N2OS. The van der Waals surface area contributed by atoms with Gasteiger partial charge in [-0.25, -0.2) is 0 Å². The van der Waals surface area contributed by atoms with Crippen LogP contribution in [0.1, 0.15) is 12.0 Å². The van der Waals surface area contributed by atoms with Crippen molar-refractivity contribution >= 4 is 18.5 Å². The lowest BCUT2D eigenvalue weighted by atomic mass is 10.1. The number of hydrogen-bond acceptors (Lipinski definition) is 3. The molecule has 4 heteroatoms. The number of carbonyl (C=O) groups is 1. The molecule has 0 saturated carbocycles. The molecule has 0 aliphatic carbocycles. The van der Waals surface area contributed by atoms with Gasteiger partial charge < -0.3 is 10.6 Å². The lowest BCUT2D eigenvalue weighted by Gasteiger charge is -2.05. The molecule has 1 aromatic carbocycles. The molecule has 1 amide bonds. The van der Waals surface area contributed by atoms with Crippen LogP contribution in [0.3, 0.4) is 0 Å². The van der Waals surface area contributed by atoms with Gasteiger partial charge in [0.25, 0.3) is 0 Å². The van der Waals surface area contributed by atoms with Crippen molar-refractivity contribution in [1.29, 1.82) is 0 Å². The van der Waals surface area contributed by atoms with E-state index in [0.717, 1.165) is 30.0 Å². The molecule has 0 bridgehead atoms. The minimum absolute atomic E-state index is 0.0722. The third kappa shape index (κ3) is 5.19. The molecule has 0 atom stereocenters. The van der Waals surface area contributed by atoms with Crippen molar-refractivity contribution in [1.82, 2.24) is 10.6 Å². The van der Waals surface area contributed by atoms with Gasteiger partial charge >= 0.3 is 0 Å². The van der Waals surface area contributed by atoms with Crippen molar-refractivity contribution in [3.05, 3.63) is 29.8 Å². The van der Waals surface area contributed by atoms with Crippen LogP contribution in [0.5, 0.6) is 0 Å². The Bertz CT molecular complexity index is 324. The Kier molecular flexibility index (Phi) is 5.96. The highest BCUT2D eigenvalue weighted by Crippen LogP contribution is 2.07. The van der Waals surface area contributed by atoms with Crippen LogP contribution in [-0.4, -0.2) is 26.0 Å². The number of amides is 1. The molecule has 0 radical (unpaired) electrons. The molecule has 1 rings (SSSR count). The van der Waals surface area contributed by atoms with Gasteiger partial charge in [-0.05, 0) is 37.7 Å². The molecule has 16 heavy (non-hydrogen) atoms. The summed E-state index contributed by atoms with van der Waals surface area (Å²) in [5, 5.41) is 5.92. The van der Waals surface area contributed by atoms with E-state index in [2.05, 4.69) is 23.3 Å². The molecule has 0 heterocycles. The Morgan fingerprint density at radius 2 is 1.94 bits per heavy atom. The van der Waals surface area contributed by atoms with Gasteiger partial charge in [0.2, 0.25) is 5.91 Å². The van der Waals surface area contributed by atoms with Gasteiger partial charge in [-0.15, -0.1) is 12.6 Å². The SMILES string of the molecule is CNCCCNC(=O)Cc1ccc(S)cc1. The summed E-state index contributed by atoms with van der Waals surface area (Å²) < 4.78 is 0. The molecule has 0 aliphatic heterocycles. The van der Waals surface area contributed by atoms with E-state index in [1.165, 1.54) is 0 Å². The largest absolute Gasteiger partial charge is 0.356 e. The normalized spacial score (nSPS) is 10.1. The van der Waals surface area contributed by atoms with Crippen molar-refractivity contribution in [3.8, 4) is 0 Å². The van der Waals surface area contributed by atoms with Crippen LogP contribution in [0.2, 0.25) is 0 Å². The minimum atomic E-state index is 0.0722. The summed E-state index contributed by atoms with van der Waals surface area (Å²) in [5.41, 5.74) is 1.02. The molecule has 0 aliphatic rings. The molecule has 0 fully saturated rings. The van der Waals surface area contributed by atoms with Crippen LogP contribution < -0.4 is 10.6 Å². The lowest BCUT2D eigenvalue weighted by molar-refractivity contribution is -0.120. The highest BCUT2D eigenvalue weighted by molar-refractivity contribution is 7.80. The topological polar surface area (TPSA) is 41.1 Å². The summed E-state index contributed by atoms with van der Waals surface area (Å²) in [6.45, 7) is 1.65. The van der Waals surface area contributed by atoms with Crippen molar-refractivity contribution < 1.29 is 4.79 Å². The molecular weight excluding hydrogens is 220 g/mol. The monoisotopic (exact) mass is 238 g/mol. The van der Waals surface area contributed by atoms with E-state index in [0.29, 0.717) is 6.42 Å². The first-order chi connectivity index (χ1) is 7.72. The van der Waals surface area contributed by atoms with Crippen molar-refractivity contribution in [2.75, 3.05) is 20.1 Å². The standard InChI is InChI=1S/C12H18N2OS/c1-13-7-2-8-14-12(15)9-10-3-5-11(16)6-4-10/h3-6,13,16H,2,7-9H2,1H3,(H,14,15). The summed E-state index contributed by atoms with van der Waals surface area (Å²) in [5.74, 6) is 0.0722. The smallest absolute Gasteiger partial charge is 0.224 e. The fraction of sp³-hybridized carbons (Fsp3) is 0.417. The van der Waals surface area contributed by atoms with Crippen LogP contribution in [0.15, 0.2) is 29.2 Å². The number of carbonyl (C=O) groups excluding carboxylic acids is 1. The van der Waals surface area contributed by atoms with E-state index in [4.69, 9.17) is 0 Å². The fourth-order valence-corrected chi connectivity index (χ4v) is 1.50. The predicted octanol–water partition coefficient (Wildman–Crippen LogP) is 1.24. The van der Waals surface area contributed by atoms with Gasteiger partial charge in [0.1, 0.15) is 0 Å². The quantitative estimate of drug-likeness (QED) is 0.515. The van der Waals surface area contributed by atoms with Crippen LogP contribution in [0, 0.1) is 0 Å². The molecule has 0 saturated heterocycles. The second kappa shape index (κ2) is 7.30. The summed E-state index contributed by atoms with van der Waals surface area (Å²) in [6.07, 6.45) is 1.39. The van der Waals surface area contributed by atoms with E-state index in [1.54, 1.807) is 0 Å². The number of nitrogens with one attached hydrogen (secondary N) is 2. The molecule has 2 N–H and O–H groups in total. The Balaban J connectivity index is 2.26. The van der Waals surface area contributed by atoms with Crippen molar-refractivity contribution in [3.63, 3.8) is 0 Å². The highest BCUT2D eigenvalue weighted by atomic mass is 32.1. The predicted molar refractivity (Wildman–Crippen MR) is 69.0 cm³/mol. The first kappa shape index (κ1) is 13.1. The summed E-state index contributed by atoms with van der Waals surface area (Å²) in [7, 11) is 1.90. The Morgan fingerprint density at radius 3 is 2.56 bits per heavy atom. The van der Waals surface area contributed by atoms with Gasteiger partial charge in [-0.1, -0.05) is 12.1 Å². The molecule has 3 nitrogen and oxygen atoms in total. The molecule has 1 aromatic rings. The third-order valence-corrected chi connectivity index (χ3v) is 2.52. The van der Waals surface area contributed by atoms with E-state index >= 15 is 0 Å². The van der Waals surface area contributed by atoms with Gasteiger partial charge in [0, 0.05) is 11.4 Å². The number of hydrogen-bond donors (Lipinski definition) is 3. The zero-order valence-electron chi connectivity index (χ0n) is 9.49. The van der Waals surface area contributed by atoms with Crippen LogP contribution in [0.25, 0.3) is 0 Å². The first-order valence-electron chi connectivity index (χ1n) is 5.41. The molecule has 0 spiro atoms. The Labute approximate surface area is 102 Å². The molecule has 0 aromatic heterocycles. The Hall–Kier alpha value is -1.00. The maximum absolute atomic E-state index is 11.5. The summed E-state index contributed by atoms with van der Waals surface area (Å²) >= 11 is 4.19. The average molecular weight is 238 g/mol. The molecule has 0 unspecified atom stereocenters. The zero-order chi connectivity index (χ0) is 11.8. The van der Waals surface area contributed by atoms with Crippen molar-refractivity contribution in [2.24, 2.45) is 0 Å². The van der Waals surface area contributed by atoms with Gasteiger partial charge in [0.15, 0.2) is 0 Å². The average Bonchev–Trinajstić information content (AvgIpc) is 2.28. The summed E-state index contributed by atoms with van der Waals surface area (Å²) in [4.78, 5) is 12.4. The van der Waals surface area contributed by atoms with Gasteiger partial charge in [0.05, 0.1) is 6.42 Å². The van der Waals surface area contributed by atoms with Crippen LogP contribution >= 0.6 is 12.6 Å². The first-order valence-corrected chi connectivity index (χ1v) is 5.86. The second-order valence-corrected chi connectivity index (χ2v) is 4.17. The maximum Gasteiger partial charge on any atom is 0.224 e. The fourth-order valence-electron chi connectivity index (χ4n) is 1.35. The number of thiol groups is 1. The third-order valence-electron chi connectivity index (χ3n) is 2.23. The number of rotatable bonds is 6. The van der Waals surface area contributed by atoms with E-state index in [9.17, 15) is 4.79 Å². The maximum atomic E-state index is 11.5. The number of benzene rings is 1. The second-order valence-electron chi connectivity index (χ2n) is 3.65. The Morgan fingerprint density at radius 1 is 1.25 bits per heavy atom. The summed E-state index contributed by atoms with van der Waals surface area (Å²) in [6, 6.07) is 7.64. The lowest BCUT2D eigenvalue weighted by Crippen LogP contribution is -2.27. The van der Waals surface area contributed by atoms with Gasteiger partial charge in [-0.2, -0.15) is 0 Å². The van der Waals surface area contributed by atoms with Crippen LogP contribution in [-0.2, 0) is 11.2 Å². The zero-order valence-corrected chi connectivity index (χ0v) is 10.4. The van der Waals surface area contributed by atoms with E-state index in [-0.39, 0.29) is 5.91 Å². The van der Waals surface area contributed by atoms with E-state index in [1.807, 2.05) is 31.3 Å². The van der Waals surface area contributed by atoms with Gasteiger partial charge in [-0.3, -0.25) is 4.79 Å².